The number of rotatable bonds is 8. The number of methoxy groups -OCH3 is 2. The summed E-state index contributed by atoms with van der Waals surface area (Å²) in [6.07, 6.45) is 0. The van der Waals surface area contributed by atoms with Crippen molar-refractivity contribution in [2.24, 2.45) is 0 Å². The Hall–Kier alpha value is -4.62. The number of hydrogen-bond donors (Lipinski definition) is 1. The van der Waals surface area contributed by atoms with Crippen LogP contribution in [-0.4, -0.2) is 54.4 Å². The SMILES string of the molecule is COc1ccc(C2/C(=C(\O)c3ccc4c(c3)OCCO4)C(=O)C(=O)N2c2nnc(SCc3ccc(F)cc3)s2)cc1OC. The molecule has 0 aliphatic carbocycles. The summed E-state index contributed by atoms with van der Waals surface area (Å²) in [5.41, 5.74) is 1.50. The summed E-state index contributed by atoms with van der Waals surface area (Å²) in [5, 5.41) is 20.2. The van der Waals surface area contributed by atoms with Gasteiger partial charge in [0.25, 0.3) is 5.78 Å². The van der Waals surface area contributed by atoms with E-state index in [4.69, 9.17) is 18.9 Å². The van der Waals surface area contributed by atoms with Crippen molar-refractivity contribution in [3.05, 3.63) is 88.7 Å². The molecule has 2 aliphatic rings. The Bertz CT molecular complexity index is 1740. The largest absolute Gasteiger partial charge is 0.507 e. The summed E-state index contributed by atoms with van der Waals surface area (Å²) in [6.45, 7) is 0.737. The molecular formula is C30H24FN3O7S2. The molecule has 0 spiro atoms. The number of carbonyl (C=O) groups is 2. The number of hydrogen-bond acceptors (Lipinski definition) is 11. The molecule has 0 bridgehead atoms. The summed E-state index contributed by atoms with van der Waals surface area (Å²) in [7, 11) is 2.97. The van der Waals surface area contributed by atoms with Gasteiger partial charge in [-0.15, -0.1) is 10.2 Å². The second kappa shape index (κ2) is 11.9. The summed E-state index contributed by atoms with van der Waals surface area (Å²) >= 11 is 2.49. The van der Waals surface area contributed by atoms with Gasteiger partial charge in [0, 0.05) is 11.3 Å². The molecular weight excluding hydrogens is 597 g/mol. The zero-order valence-electron chi connectivity index (χ0n) is 22.9. The van der Waals surface area contributed by atoms with Gasteiger partial charge in [-0.2, -0.15) is 0 Å². The van der Waals surface area contributed by atoms with E-state index in [9.17, 15) is 19.1 Å². The number of carbonyl (C=O) groups excluding carboxylic acids is 2. The standard InChI is InChI=1S/C30H24FN3O7S2/c1-38-20-9-5-17(13-22(20)39-2)25-24(26(35)18-6-10-21-23(14-18)41-12-11-40-21)27(36)28(37)34(25)29-32-33-30(43-29)42-15-16-3-7-19(31)8-4-16/h3-10,13-14,25,35H,11-12,15H2,1-2H3/b26-24+. The van der Waals surface area contributed by atoms with Gasteiger partial charge in [0.2, 0.25) is 5.13 Å². The van der Waals surface area contributed by atoms with Crippen LogP contribution in [0.25, 0.3) is 5.76 Å². The number of amides is 1. The Morgan fingerprint density at radius 3 is 2.49 bits per heavy atom. The normalized spacial score (nSPS) is 17.3. The van der Waals surface area contributed by atoms with Gasteiger partial charge in [0.15, 0.2) is 27.3 Å². The number of fused-ring (bicyclic) bond motifs is 1. The fourth-order valence-electron chi connectivity index (χ4n) is 4.80. The van der Waals surface area contributed by atoms with Crippen LogP contribution in [-0.2, 0) is 15.3 Å². The Labute approximate surface area is 253 Å². The maximum atomic E-state index is 13.6. The van der Waals surface area contributed by atoms with E-state index in [-0.39, 0.29) is 27.8 Å². The molecule has 4 aromatic rings. The minimum atomic E-state index is -1.06. The first kappa shape index (κ1) is 28.5. The lowest BCUT2D eigenvalue weighted by molar-refractivity contribution is -0.132. The molecule has 220 valence electrons. The van der Waals surface area contributed by atoms with Crippen molar-refractivity contribution >= 4 is 45.7 Å². The van der Waals surface area contributed by atoms with Gasteiger partial charge in [-0.25, -0.2) is 4.39 Å². The molecule has 13 heteroatoms. The van der Waals surface area contributed by atoms with Gasteiger partial charge in [0.1, 0.15) is 24.8 Å². The van der Waals surface area contributed by atoms with Crippen molar-refractivity contribution in [2.75, 3.05) is 32.3 Å². The third-order valence-electron chi connectivity index (χ3n) is 6.86. The average Bonchev–Trinajstić information content (AvgIpc) is 3.61. The van der Waals surface area contributed by atoms with Crippen LogP contribution in [0.4, 0.5) is 9.52 Å². The van der Waals surface area contributed by atoms with Gasteiger partial charge in [-0.3, -0.25) is 14.5 Å². The van der Waals surface area contributed by atoms with Gasteiger partial charge >= 0.3 is 5.91 Å². The van der Waals surface area contributed by atoms with E-state index >= 15 is 0 Å². The maximum Gasteiger partial charge on any atom is 0.301 e. The van der Waals surface area contributed by atoms with Crippen LogP contribution in [0, 0.1) is 5.82 Å². The van der Waals surface area contributed by atoms with Crippen molar-refractivity contribution in [2.45, 2.75) is 16.1 Å². The van der Waals surface area contributed by atoms with E-state index in [1.165, 1.54) is 43.0 Å². The number of ether oxygens (including phenoxy) is 4. The fourth-order valence-corrected chi connectivity index (χ4v) is 6.62. The Morgan fingerprint density at radius 1 is 1.00 bits per heavy atom. The van der Waals surface area contributed by atoms with Crippen molar-refractivity contribution in [3.63, 3.8) is 0 Å². The van der Waals surface area contributed by atoms with Crippen molar-refractivity contribution in [3.8, 4) is 23.0 Å². The Kier molecular flexibility index (Phi) is 7.91. The van der Waals surface area contributed by atoms with E-state index < -0.39 is 17.7 Å². The van der Waals surface area contributed by atoms with Crippen LogP contribution >= 0.6 is 23.1 Å². The lowest BCUT2D eigenvalue weighted by Crippen LogP contribution is -2.29. The predicted molar refractivity (Wildman–Crippen MR) is 158 cm³/mol. The van der Waals surface area contributed by atoms with Gasteiger partial charge in [-0.05, 0) is 53.6 Å². The number of nitrogens with zero attached hydrogens (tertiary/aromatic N) is 3. The molecule has 1 fully saturated rings. The molecule has 43 heavy (non-hydrogen) atoms. The quantitative estimate of drug-likeness (QED) is 0.0902. The highest BCUT2D eigenvalue weighted by atomic mass is 32.2. The molecule has 0 radical (unpaired) electrons. The van der Waals surface area contributed by atoms with Gasteiger partial charge in [0.05, 0.1) is 25.8 Å². The summed E-state index contributed by atoms with van der Waals surface area (Å²) < 4.78 is 35.9. The zero-order chi connectivity index (χ0) is 30.1. The maximum absolute atomic E-state index is 13.6. The Balaban J connectivity index is 1.41. The number of thioether (sulfide) groups is 1. The molecule has 2 aliphatic heterocycles. The lowest BCUT2D eigenvalue weighted by atomic mass is 9.95. The molecule has 3 aromatic carbocycles. The second-order valence-electron chi connectivity index (χ2n) is 9.41. The molecule has 6 rings (SSSR count). The van der Waals surface area contributed by atoms with E-state index in [1.807, 2.05) is 0 Å². The van der Waals surface area contributed by atoms with Crippen molar-refractivity contribution in [1.82, 2.24) is 10.2 Å². The third-order valence-corrected chi connectivity index (χ3v) is 8.99. The highest BCUT2D eigenvalue weighted by Crippen LogP contribution is 2.46. The topological polar surface area (TPSA) is 120 Å². The van der Waals surface area contributed by atoms with Crippen LogP contribution < -0.4 is 23.8 Å². The number of anilines is 1. The van der Waals surface area contributed by atoms with Crippen LogP contribution in [0.15, 0.2) is 70.6 Å². The highest BCUT2D eigenvalue weighted by molar-refractivity contribution is 8.00. The highest BCUT2D eigenvalue weighted by Gasteiger charge is 2.48. The minimum absolute atomic E-state index is 0.135. The van der Waals surface area contributed by atoms with E-state index in [0.717, 1.165) is 16.9 Å². The lowest BCUT2D eigenvalue weighted by Gasteiger charge is -2.23. The van der Waals surface area contributed by atoms with Crippen LogP contribution in [0.3, 0.4) is 0 Å². The van der Waals surface area contributed by atoms with Crippen molar-refractivity contribution in [1.29, 1.82) is 0 Å². The number of aliphatic hydroxyl groups excluding tert-OH is 1. The number of aromatic nitrogens is 2. The van der Waals surface area contributed by atoms with Crippen LogP contribution in [0.2, 0.25) is 0 Å². The first-order chi connectivity index (χ1) is 20.9. The molecule has 1 aromatic heterocycles. The molecule has 1 N–H and O–H groups in total. The number of halogens is 1. The number of ketones is 1. The van der Waals surface area contributed by atoms with Crippen LogP contribution in [0.1, 0.15) is 22.7 Å². The first-order valence-electron chi connectivity index (χ1n) is 13.0. The Morgan fingerprint density at radius 2 is 1.74 bits per heavy atom. The minimum Gasteiger partial charge on any atom is -0.507 e. The first-order valence-corrected chi connectivity index (χ1v) is 14.8. The van der Waals surface area contributed by atoms with Crippen molar-refractivity contribution < 1.29 is 38.0 Å². The van der Waals surface area contributed by atoms with Crippen LogP contribution in [0.5, 0.6) is 23.0 Å². The van der Waals surface area contributed by atoms with Gasteiger partial charge in [-0.1, -0.05) is 41.3 Å². The van der Waals surface area contributed by atoms with Gasteiger partial charge < -0.3 is 24.1 Å². The summed E-state index contributed by atoms with van der Waals surface area (Å²) in [6, 6.07) is 14.8. The average molecular weight is 622 g/mol. The number of aliphatic hydroxyl groups is 1. The second-order valence-corrected chi connectivity index (χ2v) is 11.6. The molecule has 0 saturated carbocycles. The van der Waals surface area contributed by atoms with E-state index in [2.05, 4.69) is 10.2 Å². The molecule has 1 atom stereocenters. The zero-order valence-corrected chi connectivity index (χ0v) is 24.5. The fraction of sp³-hybridized carbons (Fsp3) is 0.200. The molecule has 1 saturated heterocycles. The molecule has 10 nitrogen and oxygen atoms in total. The third kappa shape index (κ3) is 5.48. The monoisotopic (exact) mass is 621 g/mol. The summed E-state index contributed by atoms with van der Waals surface area (Å²) in [4.78, 5) is 28.4. The molecule has 3 heterocycles. The van der Waals surface area contributed by atoms with E-state index in [0.29, 0.717) is 51.9 Å². The number of Topliss-reactive ketones (excluding diaryl/α,β-unsaturated/α-hetero) is 1. The number of benzene rings is 3. The molecule has 1 unspecified atom stereocenters. The summed E-state index contributed by atoms with van der Waals surface area (Å²) in [5.74, 6) is -0.215. The van der Waals surface area contributed by atoms with E-state index in [1.54, 1.807) is 48.5 Å². The predicted octanol–water partition coefficient (Wildman–Crippen LogP) is 5.38. The smallest absolute Gasteiger partial charge is 0.301 e. The molecule has 1 amide bonds.